The molecule has 0 spiro atoms. The van der Waals surface area contributed by atoms with E-state index in [4.69, 9.17) is 11.6 Å². The Morgan fingerprint density at radius 3 is 2.62 bits per heavy atom. The van der Waals surface area contributed by atoms with Crippen LogP contribution in [0.25, 0.3) is 0 Å². The standard InChI is InChI=1S/C13H16ClFO/c14-9-4-2-1-3-8-13(16)11-6-5-7-12(15)10-11/h5-7,10H,1-4,8-9H2. The van der Waals surface area contributed by atoms with Crippen LogP contribution in [0.15, 0.2) is 24.3 Å². The number of carbonyl (C=O) groups excluding carboxylic acids is 1. The summed E-state index contributed by atoms with van der Waals surface area (Å²) in [6.07, 6.45) is 4.40. The molecule has 1 aromatic rings. The molecule has 3 heteroatoms. The van der Waals surface area contributed by atoms with Gasteiger partial charge in [0.2, 0.25) is 0 Å². The zero-order valence-electron chi connectivity index (χ0n) is 9.22. The van der Waals surface area contributed by atoms with Crippen molar-refractivity contribution in [3.63, 3.8) is 0 Å². The third kappa shape index (κ3) is 4.75. The van der Waals surface area contributed by atoms with Gasteiger partial charge in [-0.1, -0.05) is 25.0 Å². The molecule has 0 aliphatic rings. The molecule has 0 bridgehead atoms. The number of rotatable bonds is 7. The second-order valence-corrected chi connectivity index (χ2v) is 4.16. The lowest BCUT2D eigenvalue weighted by atomic mass is 10.0. The fourth-order valence-corrected chi connectivity index (χ4v) is 1.73. The third-order valence-corrected chi connectivity index (χ3v) is 2.70. The van der Waals surface area contributed by atoms with Crippen LogP contribution in [-0.4, -0.2) is 11.7 Å². The van der Waals surface area contributed by atoms with Gasteiger partial charge >= 0.3 is 0 Å². The summed E-state index contributed by atoms with van der Waals surface area (Å²) >= 11 is 5.55. The first-order valence-electron chi connectivity index (χ1n) is 5.59. The fraction of sp³-hybridized carbons (Fsp3) is 0.462. The molecule has 0 unspecified atom stereocenters. The maximum atomic E-state index is 12.8. The molecular weight excluding hydrogens is 227 g/mol. The van der Waals surface area contributed by atoms with E-state index in [-0.39, 0.29) is 11.6 Å². The van der Waals surface area contributed by atoms with Crippen LogP contribution in [0.3, 0.4) is 0 Å². The highest BCUT2D eigenvalue weighted by Gasteiger charge is 2.05. The quantitative estimate of drug-likeness (QED) is 0.398. The largest absolute Gasteiger partial charge is 0.294 e. The van der Waals surface area contributed by atoms with Crippen molar-refractivity contribution >= 4 is 17.4 Å². The van der Waals surface area contributed by atoms with Crippen LogP contribution in [0, 0.1) is 5.82 Å². The van der Waals surface area contributed by atoms with E-state index < -0.39 is 0 Å². The van der Waals surface area contributed by atoms with Gasteiger partial charge in [0.25, 0.3) is 0 Å². The van der Waals surface area contributed by atoms with E-state index in [0.29, 0.717) is 17.9 Å². The van der Waals surface area contributed by atoms with E-state index in [0.717, 1.165) is 25.7 Å². The maximum Gasteiger partial charge on any atom is 0.162 e. The lowest BCUT2D eigenvalue weighted by molar-refractivity contribution is 0.0978. The van der Waals surface area contributed by atoms with Crippen molar-refractivity contribution in [2.45, 2.75) is 32.1 Å². The normalized spacial score (nSPS) is 10.4. The van der Waals surface area contributed by atoms with E-state index in [1.807, 2.05) is 0 Å². The van der Waals surface area contributed by atoms with Crippen LogP contribution >= 0.6 is 11.6 Å². The average Bonchev–Trinajstić information content (AvgIpc) is 2.28. The van der Waals surface area contributed by atoms with E-state index in [1.54, 1.807) is 12.1 Å². The van der Waals surface area contributed by atoms with Crippen LogP contribution in [0.1, 0.15) is 42.5 Å². The summed E-state index contributed by atoms with van der Waals surface area (Å²) in [5, 5.41) is 0. The highest BCUT2D eigenvalue weighted by atomic mass is 35.5. The van der Waals surface area contributed by atoms with Crippen LogP contribution in [-0.2, 0) is 0 Å². The molecule has 0 aliphatic carbocycles. The first-order valence-corrected chi connectivity index (χ1v) is 6.12. The minimum atomic E-state index is -0.354. The summed E-state index contributed by atoms with van der Waals surface area (Å²) in [6.45, 7) is 0. The average molecular weight is 243 g/mol. The van der Waals surface area contributed by atoms with Crippen LogP contribution in [0.2, 0.25) is 0 Å². The van der Waals surface area contributed by atoms with Crippen LogP contribution < -0.4 is 0 Å². The van der Waals surface area contributed by atoms with Crippen molar-refractivity contribution in [2.75, 3.05) is 5.88 Å². The van der Waals surface area contributed by atoms with Crippen LogP contribution in [0.4, 0.5) is 4.39 Å². The molecule has 0 saturated heterocycles. The van der Waals surface area contributed by atoms with Gasteiger partial charge < -0.3 is 0 Å². The van der Waals surface area contributed by atoms with Gasteiger partial charge in [0.15, 0.2) is 5.78 Å². The van der Waals surface area contributed by atoms with Gasteiger partial charge in [0.05, 0.1) is 0 Å². The summed E-state index contributed by atoms with van der Waals surface area (Å²) in [5.41, 5.74) is 0.470. The molecule has 1 rings (SSSR count). The summed E-state index contributed by atoms with van der Waals surface area (Å²) in [5.74, 6) is 0.344. The van der Waals surface area contributed by atoms with Gasteiger partial charge in [0.1, 0.15) is 5.82 Å². The number of hydrogen-bond donors (Lipinski definition) is 0. The maximum absolute atomic E-state index is 12.8. The summed E-state index contributed by atoms with van der Waals surface area (Å²) in [4.78, 5) is 11.6. The van der Waals surface area contributed by atoms with Gasteiger partial charge in [-0.15, -0.1) is 11.6 Å². The highest BCUT2D eigenvalue weighted by Crippen LogP contribution is 2.10. The molecule has 0 heterocycles. The van der Waals surface area contributed by atoms with Gasteiger partial charge in [-0.05, 0) is 25.0 Å². The lowest BCUT2D eigenvalue weighted by Crippen LogP contribution is -1.99. The fourth-order valence-electron chi connectivity index (χ4n) is 1.54. The van der Waals surface area contributed by atoms with Crippen molar-refractivity contribution in [1.29, 1.82) is 0 Å². The number of hydrogen-bond acceptors (Lipinski definition) is 1. The Morgan fingerprint density at radius 2 is 1.94 bits per heavy atom. The van der Waals surface area contributed by atoms with E-state index in [1.165, 1.54) is 12.1 Å². The Morgan fingerprint density at radius 1 is 1.19 bits per heavy atom. The minimum absolute atomic E-state index is 0.0189. The Balaban J connectivity index is 2.30. The Labute approximate surface area is 101 Å². The van der Waals surface area contributed by atoms with E-state index in [9.17, 15) is 9.18 Å². The monoisotopic (exact) mass is 242 g/mol. The van der Waals surface area contributed by atoms with E-state index in [2.05, 4.69) is 0 Å². The SMILES string of the molecule is O=C(CCCCCCCl)c1cccc(F)c1. The predicted octanol–water partition coefficient (Wildman–Crippen LogP) is 4.20. The number of carbonyl (C=O) groups is 1. The number of alkyl halides is 1. The molecule has 0 saturated carbocycles. The number of ketones is 1. The number of benzene rings is 1. The molecule has 1 nitrogen and oxygen atoms in total. The van der Waals surface area contributed by atoms with Gasteiger partial charge in [-0.3, -0.25) is 4.79 Å². The van der Waals surface area contributed by atoms with Crippen molar-refractivity contribution in [1.82, 2.24) is 0 Å². The van der Waals surface area contributed by atoms with Crippen molar-refractivity contribution in [3.05, 3.63) is 35.6 Å². The second kappa shape index (κ2) is 7.39. The topological polar surface area (TPSA) is 17.1 Å². The molecule has 0 aromatic heterocycles. The molecule has 88 valence electrons. The Hall–Kier alpha value is -0.890. The zero-order chi connectivity index (χ0) is 11.8. The molecule has 0 atom stereocenters. The van der Waals surface area contributed by atoms with E-state index >= 15 is 0 Å². The summed E-state index contributed by atoms with van der Waals surface area (Å²) < 4.78 is 12.8. The van der Waals surface area contributed by atoms with Crippen molar-refractivity contribution < 1.29 is 9.18 Å². The first kappa shape index (κ1) is 13.2. The summed E-state index contributed by atoms with van der Waals surface area (Å²) in [7, 11) is 0. The molecule has 16 heavy (non-hydrogen) atoms. The van der Waals surface area contributed by atoms with Gasteiger partial charge in [0, 0.05) is 17.9 Å². The summed E-state index contributed by atoms with van der Waals surface area (Å²) in [6, 6.07) is 5.86. The Bertz CT molecular complexity index is 338. The number of unbranched alkanes of at least 4 members (excludes halogenated alkanes) is 3. The molecular formula is C13H16ClFO. The van der Waals surface area contributed by atoms with Crippen molar-refractivity contribution in [2.24, 2.45) is 0 Å². The van der Waals surface area contributed by atoms with Gasteiger partial charge in [-0.2, -0.15) is 0 Å². The first-order chi connectivity index (χ1) is 7.74. The lowest BCUT2D eigenvalue weighted by Gasteiger charge is -2.01. The smallest absolute Gasteiger partial charge is 0.162 e. The molecule has 0 N–H and O–H groups in total. The minimum Gasteiger partial charge on any atom is -0.294 e. The molecule has 0 aliphatic heterocycles. The zero-order valence-corrected chi connectivity index (χ0v) is 9.97. The molecule has 1 aromatic carbocycles. The highest BCUT2D eigenvalue weighted by molar-refractivity contribution is 6.17. The predicted molar refractivity (Wildman–Crippen MR) is 64.5 cm³/mol. The number of Topliss-reactive ketones (excluding diaryl/α,β-unsaturated/α-hetero) is 1. The third-order valence-electron chi connectivity index (χ3n) is 2.43. The molecule has 0 fully saturated rings. The molecule has 0 amide bonds. The van der Waals surface area contributed by atoms with Crippen molar-refractivity contribution in [3.8, 4) is 0 Å². The molecule has 0 radical (unpaired) electrons. The van der Waals surface area contributed by atoms with Gasteiger partial charge in [-0.25, -0.2) is 4.39 Å². The Kier molecular flexibility index (Phi) is 6.09. The van der Waals surface area contributed by atoms with Crippen LogP contribution in [0.5, 0.6) is 0 Å². The second-order valence-electron chi connectivity index (χ2n) is 3.79. The number of halogens is 2.